The summed E-state index contributed by atoms with van der Waals surface area (Å²) >= 11 is 0. The summed E-state index contributed by atoms with van der Waals surface area (Å²) in [6.45, 7) is 5.89. The van der Waals surface area contributed by atoms with Gasteiger partial charge in [0.15, 0.2) is 11.2 Å². The van der Waals surface area contributed by atoms with E-state index in [2.05, 4.69) is 16.5 Å². The molecule has 1 N–H and O–H groups in total. The maximum atomic E-state index is 12.9. The fourth-order valence-electron chi connectivity index (χ4n) is 3.67. The maximum absolute atomic E-state index is 12.9. The van der Waals surface area contributed by atoms with Crippen LogP contribution in [0.5, 0.6) is 0 Å². The molecule has 0 saturated carbocycles. The summed E-state index contributed by atoms with van der Waals surface area (Å²) in [6.07, 6.45) is 5.22. The highest BCUT2D eigenvalue weighted by Gasteiger charge is 2.24. The lowest BCUT2D eigenvalue weighted by molar-refractivity contribution is 0.0404. The van der Waals surface area contributed by atoms with Gasteiger partial charge >= 0.3 is 5.69 Å². The lowest BCUT2D eigenvalue weighted by Gasteiger charge is -2.23. The number of aromatic nitrogens is 4. The van der Waals surface area contributed by atoms with E-state index in [0.29, 0.717) is 23.7 Å². The van der Waals surface area contributed by atoms with E-state index in [4.69, 9.17) is 4.74 Å². The SMILES string of the molecule is C=CCOC[C@@H](O)Cn1c(N2CCCCCC2)nc2c1c(=O)n(C)c(=O)n2C. The molecule has 154 valence electrons. The molecular formula is C19H29N5O4. The number of nitrogens with zero attached hydrogens (tertiary/aromatic N) is 5. The topological polar surface area (TPSA) is 94.5 Å². The molecule has 3 heterocycles. The number of rotatable bonds is 7. The largest absolute Gasteiger partial charge is 0.389 e. The van der Waals surface area contributed by atoms with Crippen molar-refractivity contribution in [3.8, 4) is 0 Å². The highest BCUT2D eigenvalue weighted by Crippen LogP contribution is 2.23. The number of hydrogen-bond acceptors (Lipinski definition) is 6. The molecule has 0 spiro atoms. The third kappa shape index (κ3) is 3.90. The third-order valence-corrected chi connectivity index (χ3v) is 5.16. The summed E-state index contributed by atoms with van der Waals surface area (Å²) < 4.78 is 9.55. The molecule has 2 aromatic heterocycles. The first-order chi connectivity index (χ1) is 13.5. The quantitative estimate of drug-likeness (QED) is 0.542. The van der Waals surface area contributed by atoms with Crippen molar-refractivity contribution >= 4 is 17.1 Å². The summed E-state index contributed by atoms with van der Waals surface area (Å²) in [5.41, 5.74) is -0.163. The predicted octanol–water partition coefficient (Wildman–Crippen LogP) is 0.378. The number of hydrogen-bond donors (Lipinski definition) is 1. The van der Waals surface area contributed by atoms with E-state index in [1.165, 1.54) is 11.6 Å². The fraction of sp³-hybridized carbons (Fsp3) is 0.632. The van der Waals surface area contributed by atoms with Crippen molar-refractivity contribution in [1.29, 1.82) is 0 Å². The van der Waals surface area contributed by atoms with E-state index in [-0.39, 0.29) is 13.2 Å². The van der Waals surface area contributed by atoms with Crippen LogP contribution in [0.1, 0.15) is 25.7 Å². The van der Waals surface area contributed by atoms with Crippen LogP contribution in [0.3, 0.4) is 0 Å². The van der Waals surface area contributed by atoms with Crippen molar-refractivity contribution in [1.82, 2.24) is 18.7 Å². The van der Waals surface area contributed by atoms with Gasteiger partial charge in [0.1, 0.15) is 0 Å². The van der Waals surface area contributed by atoms with Gasteiger partial charge in [0.2, 0.25) is 5.95 Å². The molecule has 1 fully saturated rings. The smallest absolute Gasteiger partial charge is 0.332 e. The van der Waals surface area contributed by atoms with Gasteiger partial charge < -0.3 is 19.3 Å². The van der Waals surface area contributed by atoms with Gasteiger partial charge in [0, 0.05) is 27.2 Å². The molecule has 0 unspecified atom stereocenters. The molecule has 9 nitrogen and oxygen atoms in total. The normalized spacial score (nSPS) is 16.3. The zero-order valence-corrected chi connectivity index (χ0v) is 16.6. The Morgan fingerprint density at radius 3 is 2.50 bits per heavy atom. The van der Waals surface area contributed by atoms with Crippen molar-refractivity contribution in [3.05, 3.63) is 33.5 Å². The average molecular weight is 391 g/mol. The van der Waals surface area contributed by atoms with Crippen LogP contribution in [0.2, 0.25) is 0 Å². The molecule has 1 saturated heterocycles. The van der Waals surface area contributed by atoms with Gasteiger partial charge in [0.05, 0.1) is 25.9 Å². The molecule has 1 aliphatic rings. The molecule has 0 aliphatic carbocycles. The molecular weight excluding hydrogens is 362 g/mol. The zero-order chi connectivity index (χ0) is 20.3. The van der Waals surface area contributed by atoms with Gasteiger partial charge in [-0.1, -0.05) is 18.9 Å². The Labute approximate surface area is 163 Å². The molecule has 0 amide bonds. The summed E-state index contributed by atoms with van der Waals surface area (Å²) in [4.78, 5) is 32.0. The maximum Gasteiger partial charge on any atom is 0.332 e. The Balaban J connectivity index is 2.10. The molecule has 3 rings (SSSR count). The van der Waals surface area contributed by atoms with Crippen LogP contribution in [-0.4, -0.2) is 56.2 Å². The highest BCUT2D eigenvalue weighted by atomic mass is 16.5. The van der Waals surface area contributed by atoms with Crippen molar-refractivity contribution < 1.29 is 9.84 Å². The first-order valence-corrected chi connectivity index (χ1v) is 9.73. The van der Waals surface area contributed by atoms with Crippen LogP contribution < -0.4 is 16.1 Å². The molecule has 1 atom stereocenters. The number of ether oxygens (including phenoxy) is 1. The highest BCUT2D eigenvalue weighted by molar-refractivity contribution is 5.74. The minimum atomic E-state index is -0.815. The summed E-state index contributed by atoms with van der Waals surface area (Å²) in [6, 6.07) is 0. The van der Waals surface area contributed by atoms with Crippen LogP contribution in [0.25, 0.3) is 11.2 Å². The zero-order valence-electron chi connectivity index (χ0n) is 16.6. The molecule has 9 heteroatoms. The number of anilines is 1. The summed E-state index contributed by atoms with van der Waals surface area (Å²) in [7, 11) is 3.06. The van der Waals surface area contributed by atoms with Gasteiger partial charge in [-0.05, 0) is 12.8 Å². The second kappa shape index (κ2) is 8.74. The minimum Gasteiger partial charge on any atom is -0.389 e. The third-order valence-electron chi connectivity index (χ3n) is 5.16. The average Bonchev–Trinajstić information content (AvgIpc) is 2.86. The van der Waals surface area contributed by atoms with Gasteiger partial charge in [-0.25, -0.2) is 4.79 Å². The van der Waals surface area contributed by atoms with Gasteiger partial charge in [-0.3, -0.25) is 13.9 Å². The minimum absolute atomic E-state index is 0.122. The van der Waals surface area contributed by atoms with Crippen molar-refractivity contribution in [2.75, 3.05) is 31.2 Å². The molecule has 2 aromatic rings. The van der Waals surface area contributed by atoms with E-state index in [9.17, 15) is 14.7 Å². The van der Waals surface area contributed by atoms with Crippen LogP contribution in [0, 0.1) is 0 Å². The number of aryl methyl sites for hydroxylation is 1. The molecule has 0 radical (unpaired) electrons. The Bertz CT molecular complexity index is 950. The molecule has 1 aliphatic heterocycles. The monoisotopic (exact) mass is 391 g/mol. The number of aliphatic hydroxyl groups excluding tert-OH is 1. The predicted molar refractivity (Wildman–Crippen MR) is 108 cm³/mol. The van der Waals surface area contributed by atoms with Crippen molar-refractivity contribution in [2.24, 2.45) is 14.1 Å². The Kier molecular flexibility index (Phi) is 6.35. The van der Waals surface area contributed by atoms with Gasteiger partial charge in [-0.2, -0.15) is 4.98 Å². The van der Waals surface area contributed by atoms with Crippen LogP contribution in [-0.2, 0) is 25.4 Å². The van der Waals surface area contributed by atoms with Crippen molar-refractivity contribution in [3.63, 3.8) is 0 Å². The number of imidazole rings is 1. The number of aliphatic hydroxyl groups is 1. The standard InChI is InChI=1S/C19H29N5O4/c1-4-11-28-13-14(25)12-24-15-16(21(2)19(27)22(3)17(15)26)20-18(24)23-9-7-5-6-8-10-23/h4,14,25H,1,5-13H2,2-3H3/t14-/m0/s1. The summed E-state index contributed by atoms with van der Waals surface area (Å²) in [5, 5.41) is 10.5. The van der Waals surface area contributed by atoms with Gasteiger partial charge in [0.25, 0.3) is 5.56 Å². The van der Waals surface area contributed by atoms with E-state index < -0.39 is 17.4 Å². The Morgan fingerprint density at radius 2 is 1.86 bits per heavy atom. The van der Waals surface area contributed by atoms with Crippen LogP contribution in [0.4, 0.5) is 5.95 Å². The first-order valence-electron chi connectivity index (χ1n) is 9.73. The summed E-state index contributed by atoms with van der Waals surface area (Å²) in [5.74, 6) is 0.623. The lowest BCUT2D eigenvalue weighted by atomic mass is 10.2. The molecule has 28 heavy (non-hydrogen) atoms. The van der Waals surface area contributed by atoms with Crippen molar-refractivity contribution in [2.45, 2.75) is 38.3 Å². The second-order valence-corrected chi connectivity index (χ2v) is 7.28. The molecule has 0 bridgehead atoms. The first kappa shape index (κ1) is 20.3. The van der Waals surface area contributed by atoms with E-state index in [1.807, 2.05) is 0 Å². The Morgan fingerprint density at radius 1 is 1.18 bits per heavy atom. The van der Waals surface area contributed by atoms with E-state index >= 15 is 0 Å². The second-order valence-electron chi connectivity index (χ2n) is 7.28. The fourth-order valence-corrected chi connectivity index (χ4v) is 3.67. The van der Waals surface area contributed by atoms with Gasteiger partial charge in [-0.15, -0.1) is 6.58 Å². The van der Waals surface area contributed by atoms with Crippen LogP contribution >= 0.6 is 0 Å². The Hall–Kier alpha value is -2.39. The van der Waals surface area contributed by atoms with Crippen LogP contribution in [0.15, 0.2) is 22.2 Å². The lowest BCUT2D eigenvalue weighted by Crippen LogP contribution is -2.38. The van der Waals surface area contributed by atoms with E-state index in [0.717, 1.165) is 43.3 Å². The van der Waals surface area contributed by atoms with E-state index in [1.54, 1.807) is 17.7 Å². The molecule has 0 aromatic carbocycles. The number of fused-ring (bicyclic) bond motifs is 1.